The molecule has 0 amide bonds. The molecule has 136 valence electrons. The van der Waals surface area contributed by atoms with E-state index in [-0.39, 0.29) is 0 Å². The first kappa shape index (κ1) is 17.4. The summed E-state index contributed by atoms with van der Waals surface area (Å²) in [4.78, 5) is 9.89. The molecule has 0 fully saturated rings. The van der Waals surface area contributed by atoms with Crippen LogP contribution in [0.4, 0.5) is 11.4 Å². The van der Waals surface area contributed by atoms with Gasteiger partial charge in [0.2, 0.25) is 0 Å². The quantitative estimate of drug-likeness (QED) is 0.594. The Kier molecular flexibility index (Phi) is 4.97. The largest absolute Gasteiger partial charge is 0.398 e. The highest BCUT2D eigenvalue weighted by molar-refractivity contribution is 6.54. The second-order valence-corrected chi connectivity index (χ2v) is 7.03. The van der Waals surface area contributed by atoms with Crippen molar-refractivity contribution < 1.29 is 0 Å². The molecule has 4 nitrogen and oxygen atoms in total. The predicted molar refractivity (Wildman–Crippen MR) is 114 cm³/mol. The van der Waals surface area contributed by atoms with Gasteiger partial charge in [0.05, 0.1) is 17.1 Å². The molecule has 3 N–H and O–H groups in total. The number of fused-ring (bicyclic) bond motifs is 1. The van der Waals surface area contributed by atoms with E-state index in [0.29, 0.717) is 11.3 Å². The van der Waals surface area contributed by atoms with E-state index in [1.54, 1.807) is 0 Å². The Morgan fingerprint density at radius 3 is 2.81 bits per heavy atom. The smallest absolute Gasteiger partial charge is 0.0923 e. The third kappa shape index (κ3) is 3.61. The lowest BCUT2D eigenvalue weighted by atomic mass is 9.88. The van der Waals surface area contributed by atoms with Crippen molar-refractivity contribution in [2.24, 2.45) is 9.98 Å². The summed E-state index contributed by atoms with van der Waals surface area (Å²) in [5, 5.41) is 7.56. The first-order valence-electron chi connectivity index (χ1n) is 9.57. The molecule has 0 radical (unpaired) electrons. The van der Waals surface area contributed by atoms with Gasteiger partial charge in [-0.25, -0.2) is 4.99 Å². The monoisotopic (exact) mass is 356 g/mol. The highest BCUT2D eigenvalue weighted by Gasteiger charge is 2.22. The normalized spacial score (nSPS) is 17.0. The third-order valence-electron chi connectivity index (χ3n) is 5.21. The van der Waals surface area contributed by atoms with Crippen LogP contribution < -0.4 is 5.73 Å². The molecule has 0 atom stereocenters. The summed E-state index contributed by atoms with van der Waals surface area (Å²) < 4.78 is 0. The van der Waals surface area contributed by atoms with Gasteiger partial charge in [-0.3, -0.25) is 4.99 Å². The van der Waals surface area contributed by atoms with Gasteiger partial charge in [-0.05, 0) is 61.4 Å². The van der Waals surface area contributed by atoms with Crippen molar-refractivity contribution in [3.63, 3.8) is 0 Å². The molecule has 0 spiro atoms. The molecule has 1 aliphatic carbocycles. The fourth-order valence-electron chi connectivity index (χ4n) is 3.76. The van der Waals surface area contributed by atoms with Crippen LogP contribution in [0.5, 0.6) is 0 Å². The summed E-state index contributed by atoms with van der Waals surface area (Å²) in [5.41, 5.74) is 13.8. The fourth-order valence-corrected chi connectivity index (χ4v) is 3.76. The molecule has 2 aromatic rings. The van der Waals surface area contributed by atoms with Gasteiger partial charge in [0, 0.05) is 29.6 Å². The van der Waals surface area contributed by atoms with Gasteiger partial charge in [0.1, 0.15) is 0 Å². The van der Waals surface area contributed by atoms with Crippen molar-refractivity contribution >= 4 is 29.0 Å². The van der Waals surface area contributed by atoms with Gasteiger partial charge in [-0.2, -0.15) is 0 Å². The maximum Gasteiger partial charge on any atom is 0.0923 e. The minimum Gasteiger partial charge on any atom is -0.398 e. The van der Waals surface area contributed by atoms with Crippen molar-refractivity contribution in [3.8, 4) is 0 Å². The van der Waals surface area contributed by atoms with Crippen molar-refractivity contribution in [3.05, 3.63) is 70.8 Å². The first-order valence-corrected chi connectivity index (χ1v) is 9.57. The molecule has 0 saturated carbocycles. The summed E-state index contributed by atoms with van der Waals surface area (Å²) in [6.45, 7) is 0.798. The number of anilines is 1. The molecule has 4 rings (SSSR count). The maximum absolute atomic E-state index is 7.56. The van der Waals surface area contributed by atoms with Crippen LogP contribution in [0, 0.1) is 5.41 Å². The van der Waals surface area contributed by atoms with Crippen LogP contribution in [-0.4, -0.2) is 24.2 Å². The molecule has 2 aliphatic rings. The lowest BCUT2D eigenvalue weighted by molar-refractivity contribution is 0.718. The molecular weight excluding hydrogens is 332 g/mol. The Hall–Kier alpha value is -3.01. The number of benzene rings is 2. The molecule has 0 unspecified atom stereocenters. The first-order chi connectivity index (χ1) is 13.3. The summed E-state index contributed by atoms with van der Waals surface area (Å²) in [6, 6.07) is 14.1. The van der Waals surface area contributed by atoms with E-state index in [2.05, 4.69) is 30.3 Å². The van der Waals surface area contributed by atoms with Gasteiger partial charge in [-0.15, -0.1) is 0 Å². The van der Waals surface area contributed by atoms with Crippen LogP contribution in [0.2, 0.25) is 0 Å². The predicted octanol–water partition coefficient (Wildman–Crippen LogP) is 4.88. The van der Waals surface area contributed by atoms with Crippen molar-refractivity contribution in [2.45, 2.75) is 32.1 Å². The van der Waals surface area contributed by atoms with Gasteiger partial charge in [0.25, 0.3) is 0 Å². The third-order valence-corrected chi connectivity index (χ3v) is 5.21. The number of allylic oxidation sites excluding steroid dienone is 2. The minimum absolute atomic E-state index is 0.600. The Morgan fingerprint density at radius 2 is 2.00 bits per heavy atom. The zero-order valence-corrected chi connectivity index (χ0v) is 15.4. The number of rotatable bonds is 4. The molecule has 27 heavy (non-hydrogen) atoms. The lowest BCUT2D eigenvalue weighted by Gasteiger charge is -2.22. The van der Waals surface area contributed by atoms with Crippen LogP contribution in [0.3, 0.4) is 0 Å². The highest BCUT2D eigenvalue weighted by Crippen LogP contribution is 2.27. The number of nitrogens with zero attached hydrogens (tertiary/aromatic N) is 2. The fraction of sp³-hybridized carbons (Fsp3) is 0.261. The number of hydrogen-bond acceptors (Lipinski definition) is 4. The molecule has 4 heteroatoms. The molecular formula is C23H24N4. The molecule has 1 heterocycles. The Bertz CT molecular complexity index is 966. The summed E-state index contributed by atoms with van der Waals surface area (Å²) in [5.74, 6) is 0. The second kappa shape index (κ2) is 7.70. The van der Waals surface area contributed by atoms with Crippen LogP contribution in [0.1, 0.15) is 42.4 Å². The molecule has 0 aromatic heterocycles. The Labute approximate surface area is 160 Å². The van der Waals surface area contributed by atoms with Crippen molar-refractivity contribution in [1.29, 1.82) is 5.41 Å². The Balaban J connectivity index is 1.84. The number of nitrogen functional groups attached to an aromatic ring is 1. The van der Waals surface area contributed by atoms with Crippen LogP contribution >= 0.6 is 0 Å². The number of nitrogens with one attached hydrogen (secondary N) is 1. The summed E-state index contributed by atoms with van der Waals surface area (Å²) >= 11 is 0. The van der Waals surface area contributed by atoms with Gasteiger partial charge in [-0.1, -0.05) is 30.3 Å². The van der Waals surface area contributed by atoms with E-state index in [0.717, 1.165) is 42.9 Å². The Morgan fingerprint density at radius 1 is 1.11 bits per heavy atom. The topological polar surface area (TPSA) is 74.6 Å². The average molecular weight is 356 g/mol. The van der Waals surface area contributed by atoms with Gasteiger partial charge < -0.3 is 11.1 Å². The van der Waals surface area contributed by atoms with E-state index < -0.39 is 0 Å². The zero-order chi connectivity index (χ0) is 18.6. The van der Waals surface area contributed by atoms with E-state index in [9.17, 15) is 0 Å². The summed E-state index contributed by atoms with van der Waals surface area (Å²) in [7, 11) is 0. The molecule has 0 bridgehead atoms. The molecule has 2 aromatic carbocycles. The number of hydrogen-bond donors (Lipinski definition) is 2. The number of nitrogens with two attached hydrogens (primary N) is 1. The second-order valence-electron chi connectivity index (χ2n) is 7.03. The van der Waals surface area contributed by atoms with E-state index in [1.807, 2.05) is 18.2 Å². The minimum atomic E-state index is 0.600. The lowest BCUT2D eigenvalue weighted by Crippen LogP contribution is -2.24. The van der Waals surface area contributed by atoms with Gasteiger partial charge >= 0.3 is 0 Å². The van der Waals surface area contributed by atoms with Crippen molar-refractivity contribution in [2.75, 3.05) is 12.3 Å². The average Bonchev–Trinajstić information content (AvgIpc) is 2.73. The van der Waals surface area contributed by atoms with E-state index in [1.165, 1.54) is 35.8 Å². The SMILES string of the molecule is N=Cc1cc(N=C(C2=CCCCC2)C2=NCCc3ccccc32)ccc1N. The molecule has 0 saturated heterocycles. The maximum atomic E-state index is 7.56. The summed E-state index contributed by atoms with van der Waals surface area (Å²) in [6.07, 6.45) is 9.13. The van der Waals surface area contributed by atoms with Gasteiger partial charge in [0.15, 0.2) is 0 Å². The van der Waals surface area contributed by atoms with E-state index in [4.69, 9.17) is 21.1 Å². The van der Waals surface area contributed by atoms with Crippen LogP contribution in [0.25, 0.3) is 0 Å². The van der Waals surface area contributed by atoms with E-state index >= 15 is 0 Å². The van der Waals surface area contributed by atoms with Crippen molar-refractivity contribution in [1.82, 2.24) is 0 Å². The standard InChI is InChI=1S/C23H24N4/c24-15-18-14-19(10-11-21(18)25)27-22(17-7-2-1-3-8-17)23-20-9-5-4-6-16(20)12-13-26-23/h4-7,9-11,14-15,24H,1-3,8,12-13,25H2. The number of aliphatic imine (C=N–C) groups is 2. The zero-order valence-electron chi connectivity index (χ0n) is 15.4. The highest BCUT2D eigenvalue weighted by atomic mass is 14.8. The van der Waals surface area contributed by atoms with Crippen LogP contribution in [0.15, 0.2) is 64.1 Å². The van der Waals surface area contributed by atoms with Crippen LogP contribution in [-0.2, 0) is 6.42 Å². The molecule has 1 aliphatic heterocycles.